The van der Waals surface area contributed by atoms with Crippen molar-refractivity contribution in [3.63, 3.8) is 0 Å². The van der Waals surface area contributed by atoms with E-state index in [1.165, 1.54) is 11.3 Å². The second-order valence-electron chi connectivity index (χ2n) is 4.26. The second kappa shape index (κ2) is 9.29. The third-order valence-electron chi connectivity index (χ3n) is 2.85. The summed E-state index contributed by atoms with van der Waals surface area (Å²) in [6, 6.07) is 8.79. The number of hydrogen-bond donors (Lipinski definition) is 1. The van der Waals surface area contributed by atoms with Crippen LogP contribution in [0.4, 0.5) is 0 Å². The fraction of sp³-hybridized carbons (Fsp3) is 0.600. The molecule has 0 spiro atoms. The Morgan fingerprint density at radius 2 is 2.06 bits per heavy atom. The molecular formula is C15H25NOS. The number of ether oxygens (including phenoxy) is 1. The minimum absolute atomic E-state index is 0.403. The van der Waals surface area contributed by atoms with E-state index in [9.17, 15) is 0 Å². The van der Waals surface area contributed by atoms with Gasteiger partial charge in [-0.05, 0) is 44.4 Å². The van der Waals surface area contributed by atoms with E-state index >= 15 is 0 Å². The first-order chi connectivity index (χ1) is 8.83. The minimum Gasteiger partial charge on any atom is -0.494 e. The van der Waals surface area contributed by atoms with Gasteiger partial charge in [0.15, 0.2) is 0 Å². The zero-order valence-corrected chi connectivity index (χ0v) is 12.6. The maximum absolute atomic E-state index is 5.73. The highest BCUT2D eigenvalue weighted by atomic mass is 32.2. The predicted molar refractivity (Wildman–Crippen MR) is 81.6 cm³/mol. The zero-order valence-electron chi connectivity index (χ0n) is 11.7. The molecule has 0 fully saturated rings. The Hall–Kier alpha value is -0.670. The van der Waals surface area contributed by atoms with E-state index in [4.69, 9.17) is 4.74 Å². The lowest BCUT2D eigenvalue weighted by molar-refractivity contribution is 0.330. The Morgan fingerprint density at radius 3 is 2.72 bits per heavy atom. The number of benzene rings is 1. The molecule has 0 radical (unpaired) electrons. The van der Waals surface area contributed by atoms with Crippen LogP contribution in [0.1, 0.15) is 38.3 Å². The molecule has 1 aromatic carbocycles. The van der Waals surface area contributed by atoms with Crippen molar-refractivity contribution in [2.24, 2.45) is 0 Å². The molecule has 0 aliphatic carbocycles. The zero-order chi connectivity index (χ0) is 13.2. The van der Waals surface area contributed by atoms with Crippen LogP contribution in [0.3, 0.4) is 0 Å². The molecule has 0 bridgehead atoms. The number of hydrogen-bond acceptors (Lipinski definition) is 3. The molecule has 0 heterocycles. The summed E-state index contributed by atoms with van der Waals surface area (Å²) in [6.45, 7) is 6.01. The van der Waals surface area contributed by atoms with Gasteiger partial charge in [-0.25, -0.2) is 0 Å². The van der Waals surface area contributed by atoms with Crippen LogP contribution in [0.15, 0.2) is 24.3 Å². The molecule has 0 saturated carbocycles. The summed E-state index contributed by atoms with van der Waals surface area (Å²) in [7, 11) is 0. The summed E-state index contributed by atoms with van der Waals surface area (Å²) in [5.74, 6) is 2.19. The first kappa shape index (κ1) is 15.4. The van der Waals surface area contributed by atoms with Crippen molar-refractivity contribution in [2.45, 2.75) is 32.7 Å². The summed E-state index contributed by atoms with van der Waals surface area (Å²) in [5.41, 5.74) is 1.29. The van der Waals surface area contributed by atoms with Crippen LogP contribution in [0.2, 0.25) is 0 Å². The van der Waals surface area contributed by atoms with E-state index in [-0.39, 0.29) is 0 Å². The predicted octanol–water partition coefficient (Wildman–Crippen LogP) is 3.88. The average molecular weight is 267 g/mol. The Bertz CT molecular complexity index is 322. The van der Waals surface area contributed by atoms with Gasteiger partial charge in [-0.15, -0.1) is 0 Å². The molecule has 1 unspecified atom stereocenters. The number of para-hydroxylation sites is 1. The third-order valence-corrected chi connectivity index (χ3v) is 3.49. The summed E-state index contributed by atoms with van der Waals surface area (Å²) in [6.07, 6.45) is 4.46. The van der Waals surface area contributed by atoms with Crippen molar-refractivity contribution in [3.05, 3.63) is 29.8 Å². The van der Waals surface area contributed by atoms with Crippen LogP contribution in [0.5, 0.6) is 5.75 Å². The second-order valence-corrected chi connectivity index (χ2v) is 5.24. The fourth-order valence-electron chi connectivity index (χ4n) is 1.98. The van der Waals surface area contributed by atoms with E-state index in [1.54, 1.807) is 0 Å². The van der Waals surface area contributed by atoms with Crippen LogP contribution in [-0.4, -0.2) is 25.2 Å². The van der Waals surface area contributed by atoms with E-state index in [2.05, 4.69) is 36.7 Å². The normalized spacial score (nSPS) is 12.4. The maximum Gasteiger partial charge on any atom is 0.124 e. The van der Waals surface area contributed by atoms with Gasteiger partial charge in [-0.3, -0.25) is 0 Å². The van der Waals surface area contributed by atoms with Crippen molar-refractivity contribution in [2.75, 3.05) is 25.2 Å². The van der Waals surface area contributed by atoms with Crippen LogP contribution >= 0.6 is 11.8 Å². The average Bonchev–Trinajstić information content (AvgIpc) is 2.40. The lowest BCUT2D eigenvalue weighted by atomic mass is 10.0. The van der Waals surface area contributed by atoms with Gasteiger partial charge in [0.1, 0.15) is 5.75 Å². The van der Waals surface area contributed by atoms with Crippen molar-refractivity contribution in [1.29, 1.82) is 0 Å². The van der Waals surface area contributed by atoms with Gasteiger partial charge < -0.3 is 10.1 Å². The smallest absolute Gasteiger partial charge is 0.124 e. The van der Waals surface area contributed by atoms with Crippen molar-refractivity contribution in [1.82, 2.24) is 5.32 Å². The lowest BCUT2D eigenvalue weighted by Gasteiger charge is -2.21. The van der Waals surface area contributed by atoms with Gasteiger partial charge in [0.05, 0.1) is 6.61 Å². The number of nitrogens with one attached hydrogen (secondary N) is 1. The van der Waals surface area contributed by atoms with E-state index in [1.807, 2.05) is 24.8 Å². The van der Waals surface area contributed by atoms with Gasteiger partial charge in [-0.2, -0.15) is 11.8 Å². The quantitative estimate of drug-likeness (QED) is 0.733. The highest BCUT2D eigenvalue weighted by molar-refractivity contribution is 7.98. The first-order valence-electron chi connectivity index (χ1n) is 6.77. The Labute approximate surface area is 116 Å². The standard InChI is InChI=1S/C15H25NOS/c1-4-11-16-14(10-12-18-3)13-8-6-7-9-15(13)17-5-2/h6-9,14,16H,4-5,10-12H2,1-3H3. The van der Waals surface area contributed by atoms with Gasteiger partial charge in [0, 0.05) is 11.6 Å². The van der Waals surface area contributed by atoms with Gasteiger partial charge >= 0.3 is 0 Å². The van der Waals surface area contributed by atoms with E-state index in [0.29, 0.717) is 6.04 Å². The molecule has 1 atom stereocenters. The highest BCUT2D eigenvalue weighted by Crippen LogP contribution is 2.28. The molecule has 1 aromatic rings. The van der Waals surface area contributed by atoms with E-state index < -0.39 is 0 Å². The fourth-order valence-corrected chi connectivity index (χ4v) is 2.45. The van der Waals surface area contributed by atoms with Crippen LogP contribution in [-0.2, 0) is 0 Å². The molecular weight excluding hydrogens is 242 g/mol. The van der Waals surface area contributed by atoms with Crippen molar-refractivity contribution in [3.8, 4) is 5.75 Å². The Balaban J connectivity index is 2.81. The monoisotopic (exact) mass is 267 g/mol. The van der Waals surface area contributed by atoms with Gasteiger partial charge in [0.25, 0.3) is 0 Å². The van der Waals surface area contributed by atoms with Crippen LogP contribution in [0.25, 0.3) is 0 Å². The van der Waals surface area contributed by atoms with Crippen LogP contribution < -0.4 is 10.1 Å². The molecule has 0 saturated heterocycles. The molecule has 1 N–H and O–H groups in total. The van der Waals surface area contributed by atoms with Crippen molar-refractivity contribution >= 4 is 11.8 Å². The maximum atomic E-state index is 5.73. The minimum atomic E-state index is 0.403. The Morgan fingerprint density at radius 1 is 1.28 bits per heavy atom. The van der Waals surface area contributed by atoms with E-state index in [0.717, 1.165) is 31.7 Å². The molecule has 102 valence electrons. The summed E-state index contributed by atoms with van der Waals surface area (Å²) in [4.78, 5) is 0. The number of rotatable bonds is 9. The van der Waals surface area contributed by atoms with Gasteiger partial charge in [0.2, 0.25) is 0 Å². The molecule has 0 aliphatic heterocycles. The lowest BCUT2D eigenvalue weighted by Crippen LogP contribution is -2.23. The SMILES string of the molecule is CCCNC(CCSC)c1ccccc1OCC. The van der Waals surface area contributed by atoms with Crippen molar-refractivity contribution < 1.29 is 4.74 Å². The summed E-state index contributed by atoms with van der Waals surface area (Å²) < 4.78 is 5.73. The van der Waals surface area contributed by atoms with Crippen LogP contribution in [0, 0.1) is 0 Å². The third kappa shape index (κ3) is 4.91. The largest absolute Gasteiger partial charge is 0.494 e. The highest BCUT2D eigenvalue weighted by Gasteiger charge is 2.14. The van der Waals surface area contributed by atoms with Gasteiger partial charge in [-0.1, -0.05) is 25.1 Å². The number of thioether (sulfide) groups is 1. The topological polar surface area (TPSA) is 21.3 Å². The molecule has 3 heteroatoms. The molecule has 0 aromatic heterocycles. The summed E-state index contributed by atoms with van der Waals surface area (Å²) in [5, 5.41) is 3.63. The summed E-state index contributed by atoms with van der Waals surface area (Å²) >= 11 is 1.90. The first-order valence-corrected chi connectivity index (χ1v) is 8.16. The molecule has 1 rings (SSSR count). The molecule has 2 nitrogen and oxygen atoms in total. The molecule has 18 heavy (non-hydrogen) atoms. The molecule has 0 aliphatic rings. The molecule has 0 amide bonds. The Kier molecular flexibility index (Phi) is 7.94.